The number of hydrogen-bond donors (Lipinski definition) is 3. The van der Waals surface area contributed by atoms with Gasteiger partial charge < -0.3 is 16.3 Å². The van der Waals surface area contributed by atoms with Crippen LogP contribution in [0.5, 0.6) is 5.88 Å². The average molecular weight is 210 g/mol. The van der Waals surface area contributed by atoms with Crippen LogP contribution in [-0.4, -0.2) is 30.0 Å². The smallest absolute Gasteiger partial charge is 0.237 e. The van der Waals surface area contributed by atoms with Crippen molar-refractivity contribution in [2.75, 3.05) is 19.9 Å². The molecule has 0 atom stereocenters. The van der Waals surface area contributed by atoms with Crippen LogP contribution in [0.1, 0.15) is 5.69 Å². The van der Waals surface area contributed by atoms with Crippen molar-refractivity contribution in [3.05, 3.63) is 17.8 Å². The number of methoxy groups -OCH3 is 1. The molecule has 0 radical (unpaired) electrons. The lowest BCUT2D eigenvalue weighted by Crippen LogP contribution is -2.35. The van der Waals surface area contributed by atoms with Gasteiger partial charge in [0.15, 0.2) is 5.84 Å². The highest BCUT2D eigenvalue weighted by molar-refractivity contribution is 5.96. The van der Waals surface area contributed by atoms with Crippen molar-refractivity contribution in [1.82, 2.24) is 9.99 Å². The van der Waals surface area contributed by atoms with Gasteiger partial charge in [-0.1, -0.05) is 0 Å². The number of hydrazine groups is 1. The molecule has 82 valence electrons. The zero-order valence-corrected chi connectivity index (χ0v) is 8.64. The van der Waals surface area contributed by atoms with Gasteiger partial charge in [-0.25, -0.2) is 10.8 Å². The van der Waals surface area contributed by atoms with Gasteiger partial charge in [-0.3, -0.25) is 5.01 Å². The number of nitrogens with zero attached hydrogens (tertiary/aromatic N) is 3. The number of pyridine rings is 1. The maximum Gasteiger partial charge on any atom is 0.237 e. The highest BCUT2D eigenvalue weighted by Crippen LogP contribution is 2.17. The van der Waals surface area contributed by atoms with E-state index in [1.165, 1.54) is 12.1 Å². The molecule has 7 nitrogen and oxygen atoms in total. The molecule has 1 aromatic heterocycles. The van der Waals surface area contributed by atoms with Gasteiger partial charge in [0.25, 0.3) is 0 Å². The summed E-state index contributed by atoms with van der Waals surface area (Å²) in [5.74, 6) is 11.4. The Morgan fingerprint density at radius 1 is 1.53 bits per heavy atom. The molecule has 0 amide bonds. The summed E-state index contributed by atoms with van der Waals surface area (Å²) in [6.45, 7) is 0. The van der Waals surface area contributed by atoms with E-state index in [2.05, 4.69) is 10.1 Å². The van der Waals surface area contributed by atoms with E-state index in [9.17, 15) is 0 Å². The molecule has 0 saturated heterocycles. The predicted octanol–water partition coefficient (Wildman–Crippen LogP) is -0.902. The summed E-state index contributed by atoms with van der Waals surface area (Å²) < 4.78 is 4.97. The Kier molecular flexibility index (Phi) is 3.29. The molecule has 1 heterocycles. The molecule has 0 saturated carbocycles. The van der Waals surface area contributed by atoms with Gasteiger partial charge in [0.1, 0.15) is 5.69 Å². The minimum absolute atomic E-state index is 0.315. The zero-order chi connectivity index (χ0) is 11.4. The standard InChI is InChI=1S/C8H14N6O/c1-14(11)7(13-10)6-4-3-5(9)8(12-6)15-2/h3-4H,9-11H2,1-2H3/b13-7-. The third-order valence-electron chi connectivity index (χ3n) is 1.77. The Bertz CT molecular complexity index is 375. The molecule has 0 aliphatic rings. The van der Waals surface area contributed by atoms with E-state index in [-0.39, 0.29) is 0 Å². The Morgan fingerprint density at radius 2 is 2.20 bits per heavy atom. The number of hydrogen-bond acceptors (Lipinski definition) is 6. The number of amidine groups is 1. The van der Waals surface area contributed by atoms with Crippen LogP contribution in [0.2, 0.25) is 0 Å². The van der Waals surface area contributed by atoms with Crippen LogP contribution in [0.25, 0.3) is 0 Å². The molecule has 0 spiro atoms. The predicted molar refractivity (Wildman–Crippen MR) is 57.9 cm³/mol. The SMILES string of the molecule is COc1nc(/C(=N/N)N(C)N)ccc1N. The highest BCUT2D eigenvalue weighted by atomic mass is 16.5. The highest BCUT2D eigenvalue weighted by Gasteiger charge is 2.10. The van der Waals surface area contributed by atoms with Crippen LogP contribution >= 0.6 is 0 Å². The molecular formula is C8H14N6O. The fourth-order valence-corrected chi connectivity index (χ4v) is 1.08. The fraction of sp³-hybridized carbons (Fsp3) is 0.250. The summed E-state index contributed by atoms with van der Waals surface area (Å²) in [5.41, 5.74) is 6.55. The lowest BCUT2D eigenvalue weighted by atomic mass is 10.3. The van der Waals surface area contributed by atoms with Crippen LogP contribution in [0.4, 0.5) is 5.69 Å². The van der Waals surface area contributed by atoms with Crippen molar-refractivity contribution < 1.29 is 4.74 Å². The second-order valence-corrected chi connectivity index (χ2v) is 2.86. The first-order valence-corrected chi connectivity index (χ1v) is 4.17. The summed E-state index contributed by atoms with van der Waals surface area (Å²) in [6.07, 6.45) is 0. The molecular weight excluding hydrogens is 196 g/mol. The van der Waals surface area contributed by atoms with Crippen LogP contribution in [0, 0.1) is 0 Å². The second-order valence-electron chi connectivity index (χ2n) is 2.86. The minimum atomic E-state index is 0.315. The molecule has 0 aliphatic heterocycles. The Balaban J connectivity index is 3.15. The average Bonchev–Trinajstić information content (AvgIpc) is 2.21. The summed E-state index contributed by atoms with van der Waals surface area (Å²) in [5, 5.41) is 4.78. The molecule has 0 aromatic carbocycles. The van der Waals surface area contributed by atoms with E-state index < -0.39 is 0 Å². The number of nitrogen functional groups attached to an aromatic ring is 1. The number of anilines is 1. The number of nitrogens with two attached hydrogens (primary N) is 3. The topological polar surface area (TPSA) is 116 Å². The monoisotopic (exact) mass is 210 g/mol. The lowest BCUT2D eigenvalue weighted by molar-refractivity contribution is 0.399. The normalized spacial score (nSPS) is 11.3. The minimum Gasteiger partial charge on any atom is -0.480 e. The number of rotatable bonds is 2. The Labute approximate surface area is 87.5 Å². The Hall–Kier alpha value is -2.02. The van der Waals surface area contributed by atoms with Gasteiger partial charge >= 0.3 is 0 Å². The third-order valence-corrected chi connectivity index (χ3v) is 1.77. The molecule has 1 aromatic rings. The Morgan fingerprint density at radius 3 is 2.67 bits per heavy atom. The van der Waals surface area contributed by atoms with Crippen molar-refractivity contribution in [2.24, 2.45) is 16.8 Å². The first-order chi connectivity index (χ1) is 7.10. The van der Waals surface area contributed by atoms with Crippen LogP contribution in [-0.2, 0) is 0 Å². The van der Waals surface area contributed by atoms with E-state index in [1.807, 2.05) is 0 Å². The van der Waals surface area contributed by atoms with E-state index in [0.717, 1.165) is 0 Å². The fourth-order valence-electron chi connectivity index (χ4n) is 1.08. The molecule has 15 heavy (non-hydrogen) atoms. The third kappa shape index (κ3) is 2.26. The number of hydrazone groups is 1. The molecule has 7 heteroatoms. The largest absolute Gasteiger partial charge is 0.480 e. The molecule has 0 fully saturated rings. The number of ether oxygens (including phenoxy) is 1. The van der Waals surface area contributed by atoms with Crippen LogP contribution < -0.4 is 22.2 Å². The lowest BCUT2D eigenvalue weighted by Gasteiger charge is -2.14. The van der Waals surface area contributed by atoms with E-state index in [0.29, 0.717) is 23.1 Å². The first kappa shape index (κ1) is 11.1. The van der Waals surface area contributed by atoms with Crippen molar-refractivity contribution in [2.45, 2.75) is 0 Å². The summed E-state index contributed by atoms with van der Waals surface area (Å²) in [4.78, 5) is 4.10. The molecule has 1 rings (SSSR count). The van der Waals surface area contributed by atoms with Crippen molar-refractivity contribution >= 4 is 11.5 Å². The maximum absolute atomic E-state index is 5.61. The second kappa shape index (κ2) is 4.47. The number of aromatic nitrogens is 1. The van der Waals surface area contributed by atoms with Crippen LogP contribution in [0.3, 0.4) is 0 Å². The molecule has 0 unspecified atom stereocenters. The molecule has 6 N–H and O–H groups in total. The van der Waals surface area contributed by atoms with Gasteiger partial charge in [0.05, 0.1) is 12.8 Å². The van der Waals surface area contributed by atoms with Gasteiger partial charge in [0, 0.05) is 7.05 Å². The maximum atomic E-state index is 5.61. The van der Waals surface area contributed by atoms with E-state index in [4.69, 9.17) is 22.2 Å². The van der Waals surface area contributed by atoms with E-state index in [1.54, 1.807) is 19.2 Å². The van der Waals surface area contributed by atoms with E-state index >= 15 is 0 Å². The summed E-state index contributed by atoms with van der Waals surface area (Å²) >= 11 is 0. The summed E-state index contributed by atoms with van der Waals surface area (Å²) in [6, 6.07) is 3.31. The van der Waals surface area contributed by atoms with Crippen LogP contribution in [0.15, 0.2) is 17.2 Å². The molecule has 0 bridgehead atoms. The van der Waals surface area contributed by atoms with Crippen molar-refractivity contribution in [3.8, 4) is 5.88 Å². The van der Waals surface area contributed by atoms with Gasteiger partial charge in [-0.15, -0.1) is 0 Å². The van der Waals surface area contributed by atoms with Gasteiger partial charge in [-0.05, 0) is 12.1 Å². The van der Waals surface area contributed by atoms with Gasteiger partial charge in [-0.2, -0.15) is 5.10 Å². The first-order valence-electron chi connectivity index (χ1n) is 4.17. The summed E-state index contributed by atoms with van der Waals surface area (Å²) in [7, 11) is 3.09. The van der Waals surface area contributed by atoms with Gasteiger partial charge in [0.2, 0.25) is 5.88 Å². The van der Waals surface area contributed by atoms with Crippen molar-refractivity contribution in [1.29, 1.82) is 0 Å². The van der Waals surface area contributed by atoms with Crippen molar-refractivity contribution in [3.63, 3.8) is 0 Å². The molecule has 0 aliphatic carbocycles. The quantitative estimate of drug-likeness (QED) is 0.252. The zero-order valence-electron chi connectivity index (χ0n) is 8.64.